The molecule has 0 radical (unpaired) electrons. The van der Waals surface area contributed by atoms with Gasteiger partial charge in [0, 0.05) is 22.6 Å². The molecule has 0 atom stereocenters. The van der Waals surface area contributed by atoms with Gasteiger partial charge in [-0.1, -0.05) is 80.6 Å². The minimum absolute atomic E-state index is 0.222. The molecule has 6 rings (SSSR count). The zero-order valence-corrected chi connectivity index (χ0v) is 20.1. The summed E-state index contributed by atoms with van der Waals surface area (Å²) >= 11 is 0. The molecule has 3 heterocycles. The molecule has 3 nitrogen and oxygen atoms in total. The van der Waals surface area contributed by atoms with Gasteiger partial charge in [0.05, 0.1) is 11.4 Å². The molecule has 0 saturated carbocycles. The number of aryl methyl sites for hydroxylation is 1. The van der Waals surface area contributed by atoms with Crippen LogP contribution in [0.4, 0.5) is 0 Å². The van der Waals surface area contributed by atoms with Crippen LogP contribution in [0.2, 0.25) is 0 Å². The fourth-order valence-corrected chi connectivity index (χ4v) is 4.82. The molecular weight excluding hydrogens is 428 g/mol. The van der Waals surface area contributed by atoms with Crippen molar-refractivity contribution < 1.29 is 4.42 Å². The van der Waals surface area contributed by atoms with E-state index >= 15 is 0 Å². The van der Waals surface area contributed by atoms with Gasteiger partial charge in [-0.05, 0) is 59.5 Å². The quantitative estimate of drug-likeness (QED) is 0.269. The Morgan fingerprint density at radius 3 is 2.26 bits per heavy atom. The van der Waals surface area contributed by atoms with Gasteiger partial charge in [0.15, 0.2) is 5.58 Å². The maximum absolute atomic E-state index is 6.38. The first-order chi connectivity index (χ1) is 17.0. The fraction of sp³-hybridized carbons (Fsp3) is 0.125. The van der Waals surface area contributed by atoms with E-state index in [1.807, 2.05) is 24.4 Å². The molecular formula is C32H26N2O. The minimum atomic E-state index is -0.222. The maximum atomic E-state index is 6.38. The molecule has 0 aliphatic carbocycles. The Labute approximate surface area is 205 Å². The van der Waals surface area contributed by atoms with Crippen LogP contribution in [0.3, 0.4) is 0 Å². The molecule has 0 saturated heterocycles. The lowest BCUT2D eigenvalue weighted by Gasteiger charge is -2.24. The van der Waals surface area contributed by atoms with E-state index in [9.17, 15) is 0 Å². The average molecular weight is 455 g/mol. The summed E-state index contributed by atoms with van der Waals surface area (Å²) in [4.78, 5) is 9.88. The molecule has 3 aromatic carbocycles. The maximum Gasteiger partial charge on any atom is 0.153 e. The lowest BCUT2D eigenvalue weighted by atomic mass is 9.81. The number of hydrogen-bond acceptors (Lipinski definition) is 3. The number of pyridine rings is 2. The Bertz CT molecular complexity index is 1660. The van der Waals surface area contributed by atoms with E-state index in [0.29, 0.717) is 0 Å². The second-order valence-corrected chi connectivity index (χ2v) is 9.57. The molecule has 35 heavy (non-hydrogen) atoms. The van der Waals surface area contributed by atoms with E-state index < -0.39 is 0 Å². The first-order valence-electron chi connectivity index (χ1n) is 11.9. The Kier molecular flexibility index (Phi) is 5.00. The summed E-state index contributed by atoms with van der Waals surface area (Å²) < 4.78 is 6.38. The Balaban J connectivity index is 1.51. The molecule has 0 aliphatic heterocycles. The molecule has 0 bridgehead atoms. The molecule has 0 aliphatic rings. The van der Waals surface area contributed by atoms with Crippen LogP contribution in [0.15, 0.2) is 108 Å². The molecule has 170 valence electrons. The second-order valence-electron chi connectivity index (χ2n) is 9.57. The van der Waals surface area contributed by atoms with Gasteiger partial charge in [-0.15, -0.1) is 0 Å². The van der Waals surface area contributed by atoms with Crippen molar-refractivity contribution in [1.82, 2.24) is 9.97 Å². The summed E-state index contributed by atoms with van der Waals surface area (Å²) in [7, 11) is 0. The third kappa shape index (κ3) is 3.60. The number of furan rings is 1. The van der Waals surface area contributed by atoms with Gasteiger partial charge in [0.2, 0.25) is 0 Å². The van der Waals surface area contributed by atoms with Crippen molar-refractivity contribution in [3.63, 3.8) is 0 Å². The second kappa shape index (κ2) is 8.21. The predicted molar refractivity (Wildman–Crippen MR) is 143 cm³/mol. The summed E-state index contributed by atoms with van der Waals surface area (Å²) in [6, 6.07) is 33.5. The van der Waals surface area contributed by atoms with E-state index in [2.05, 4.69) is 99.6 Å². The highest BCUT2D eigenvalue weighted by atomic mass is 16.3. The van der Waals surface area contributed by atoms with E-state index in [-0.39, 0.29) is 5.41 Å². The Morgan fingerprint density at radius 2 is 1.49 bits per heavy atom. The molecule has 0 amide bonds. The van der Waals surface area contributed by atoms with Crippen LogP contribution in [0.5, 0.6) is 0 Å². The molecule has 0 unspecified atom stereocenters. The van der Waals surface area contributed by atoms with Gasteiger partial charge in [0.25, 0.3) is 0 Å². The predicted octanol–water partition coefficient (Wildman–Crippen LogP) is 8.34. The summed E-state index contributed by atoms with van der Waals surface area (Å²) in [6.45, 7) is 6.53. The van der Waals surface area contributed by atoms with E-state index in [1.165, 1.54) is 16.7 Å². The Morgan fingerprint density at radius 1 is 0.743 bits per heavy atom. The lowest BCUT2D eigenvalue weighted by Crippen LogP contribution is -2.20. The first-order valence-corrected chi connectivity index (χ1v) is 11.9. The monoisotopic (exact) mass is 454 g/mol. The highest BCUT2D eigenvalue weighted by Crippen LogP contribution is 2.38. The third-order valence-electron chi connectivity index (χ3n) is 6.94. The summed E-state index contributed by atoms with van der Waals surface area (Å²) in [5.41, 5.74) is 9.89. The number of para-hydroxylation sites is 1. The van der Waals surface area contributed by atoms with Gasteiger partial charge < -0.3 is 4.42 Å². The number of benzene rings is 3. The van der Waals surface area contributed by atoms with Gasteiger partial charge in [-0.2, -0.15) is 0 Å². The normalized spacial score (nSPS) is 11.9. The smallest absolute Gasteiger partial charge is 0.153 e. The van der Waals surface area contributed by atoms with Crippen LogP contribution < -0.4 is 0 Å². The summed E-state index contributed by atoms with van der Waals surface area (Å²) in [6.07, 6.45) is 1.94. The number of hydrogen-bond donors (Lipinski definition) is 0. The molecule has 0 spiro atoms. The SMILES string of the molecule is Cc1cnc(-c2cccc3c2oc2ccc(C(C)(C)c4ccccc4)nc23)cc1-c1ccccc1. The lowest BCUT2D eigenvalue weighted by molar-refractivity contribution is 0.617. The number of aromatic nitrogens is 2. The minimum Gasteiger partial charge on any atom is -0.454 e. The highest BCUT2D eigenvalue weighted by molar-refractivity contribution is 6.07. The van der Waals surface area contributed by atoms with Crippen molar-refractivity contribution in [2.24, 2.45) is 0 Å². The van der Waals surface area contributed by atoms with Crippen molar-refractivity contribution in [3.8, 4) is 22.4 Å². The van der Waals surface area contributed by atoms with Crippen LogP contribution in [-0.4, -0.2) is 9.97 Å². The number of rotatable bonds is 4. The van der Waals surface area contributed by atoms with Crippen molar-refractivity contribution in [1.29, 1.82) is 0 Å². The summed E-state index contributed by atoms with van der Waals surface area (Å²) in [5, 5.41) is 1.01. The topological polar surface area (TPSA) is 38.9 Å². The van der Waals surface area contributed by atoms with Gasteiger partial charge in [-0.3, -0.25) is 4.98 Å². The van der Waals surface area contributed by atoms with Gasteiger partial charge in [0.1, 0.15) is 11.1 Å². The number of fused-ring (bicyclic) bond motifs is 3. The van der Waals surface area contributed by atoms with E-state index in [0.717, 1.165) is 44.6 Å². The van der Waals surface area contributed by atoms with Crippen molar-refractivity contribution >= 4 is 22.1 Å². The Hall–Kier alpha value is -4.24. The standard InChI is InChI=1S/C32H26N2O/c1-21-20-33-27(19-26(21)22-11-6-4-7-12-22)24-15-10-16-25-30-28(35-31(24)25)17-18-29(34-30)32(2,3)23-13-8-5-9-14-23/h4-20H,1-3H3. The van der Waals surface area contributed by atoms with Gasteiger partial charge >= 0.3 is 0 Å². The van der Waals surface area contributed by atoms with Crippen molar-refractivity contribution in [2.45, 2.75) is 26.2 Å². The summed E-state index contributed by atoms with van der Waals surface area (Å²) in [5.74, 6) is 0. The van der Waals surface area contributed by atoms with Crippen LogP contribution in [0.1, 0.15) is 30.7 Å². The third-order valence-corrected chi connectivity index (χ3v) is 6.94. The zero-order chi connectivity index (χ0) is 24.0. The first kappa shape index (κ1) is 21.3. The zero-order valence-electron chi connectivity index (χ0n) is 20.1. The molecule has 0 N–H and O–H groups in total. The van der Waals surface area contributed by atoms with Crippen LogP contribution in [-0.2, 0) is 5.41 Å². The van der Waals surface area contributed by atoms with Gasteiger partial charge in [-0.25, -0.2) is 4.98 Å². The van der Waals surface area contributed by atoms with Crippen LogP contribution in [0.25, 0.3) is 44.5 Å². The van der Waals surface area contributed by atoms with Crippen LogP contribution >= 0.6 is 0 Å². The van der Waals surface area contributed by atoms with E-state index in [4.69, 9.17) is 14.4 Å². The highest BCUT2D eigenvalue weighted by Gasteiger charge is 2.26. The van der Waals surface area contributed by atoms with Crippen molar-refractivity contribution in [2.75, 3.05) is 0 Å². The van der Waals surface area contributed by atoms with Crippen LogP contribution in [0, 0.1) is 6.92 Å². The fourth-order valence-electron chi connectivity index (χ4n) is 4.82. The van der Waals surface area contributed by atoms with E-state index in [1.54, 1.807) is 0 Å². The largest absolute Gasteiger partial charge is 0.454 e. The molecule has 0 fully saturated rings. The number of nitrogens with zero attached hydrogens (tertiary/aromatic N) is 2. The molecule has 3 heteroatoms. The van der Waals surface area contributed by atoms with Crippen molar-refractivity contribution in [3.05, 3.63) is 120 Å². The molecule has 3 aromatic heterocycles. The average Bonchev–Trinajstić information content (AvgIpc) is 3.28. The molecule has 6 aromatic rings.